The van der Waals surface area contributed by atoms with Crippen molar-refractivity contribution in [3.05, 3.63) is 65.7 Å². The number of hydrogen-bond donors (Lipinski definition) is 0. The van der Waals surface area contributed by atoms with Crippen molar-refractivity contribution < 1.29 is 13.2 Å². The van der Waals surface area contributed by atoms with Crippen LogP contribution in [0.1, 0.15) is 17.5 Å². The first-order valence-corrected chi connectivity index (χ1v) is 8.20. The number of hydrogen-bond acceptors (Lipinski definition) is 3. The number of sulfone groups is 1. The van der Waals surface area contributed by atoms with E-state index in [1.54, 1.807) is 48.5 Å². The van der Waals surface area contributed by atoms with Gasteiger partial charge in [-0.25, -0.2) is 8.42 Å². The maximum Gasteiger partial charge on any atom is 0.206 e. The van der Waals surface area contributed by atoms with Crippen molar-refractivity contribution in [1.29, 1.82) is 0 Å². The smallest absolute Gasteiger partial charge is 0.206 e. The van der Waals surface area contributed by atoms with Crippen LogP contribution >= 0.6 is 0 Å². The lowest BCUT2D eigenvalue weighted by Crippen LogP contribution is -2.06. The van der Waals surface area contributed by atoms with Gasteiger partial charge in [-0.15, -0.1) is 0 Å². The zero-order chi connectivity index (χ0) is 14.9. The molecule has 3 rings (SSSR count). The van der Waals surface area contributed by atoms with Crippen molar-refractivity contribution in [3.63, 3.8) is 0 Å². The van der Waals surface area contributed by atoms with E-state index in [1.165, 1.54) is 0 Å². The topological polar surface area (TPSA) is 51.2 Å². The number of benzene rings is 2. The van der Waals surface area contributed by atoms with Crippen LogP contribution in [-0.4, -0.2) is 14.7 Å². The van der Waals surface area contributed by atoms with Crippen LogP contribution in [0, 0.1) is 0 Å². The van der Waals surface area contributed by atoms with Gasteiger partial charge in [0.25, 0.3) is 0 Å². The number of carbonyl (C=O) groups is 1. The number of fused-ring (bicyclic) bond motifs is 1. The third-order valence-electron chi connectivity index (χ3n) is 3.66. The van der Waals surface area contributed by atoms with E-state index in [4.69, 9.17) is 0 Å². The fourth-order valence-electron chi connectivity index (χ4n) is 2.57. The Balaban J connectivity index is 2.10. The van der Waals surface area contributed by atoms with E-state index in [2.05, 4.69) is 0 Å². The van der Waals surface area contributed by atoms with Gasteiger partial charge in [-0.1, -0.05) is 30.3 Å². The van der Waals surface area contributed by atoms with Crippen LogP contribution in [0.4, 0.5) is 0 Å². The number of rotatable bonds is 3. The Morgan fingerprint density at radius 3 is 2.43 bits per heavy atom. The van der Waals surface area contributed by atoms with Crippen LogP contribution in [0.25, 0.3) is 5.57 Å². The molecule has 0 bridgehead atoms. The molecule has 0 fully saturated rings. The highest BCUT2D eigenvalue weighted by atomic mass is 32.2. The lowest BCUT2D eigenvalue weighted by Gasteiger charge is -2.15. The minimum absolute atomic E-state index is 0.277. The van der Waals surface area contributed by atoms with Crippen LogP contribution in [0.2, 0.25) is 0 Å². The predicted molar refractivity (Wildman–Crippen MR) is 80.7 cm³/mol. The van der Waals surface area contributed by atoms with Crippen molar-refractivity contribution in [1.82, 2.24) is 0 Å². The summed E-state index contributed by atoms with van der Waals surface area (Å²) in [5.74, 6) is 0. The molecule has 0 amide bonds. The number of aryl methyl sites for hydroxylation is 1. The summed E-state index contributed by atoms with van der Waals surface area (Å²) in [6, 6.07) is 13.4. The third kappa shape index (κ3) is 2.43. The molecule has 21 heavy (non-hydrogen) atoms. The summed E-state index contributed by atoms with van der Waals surface area (Å²) in [5, 5.41) is 0. The Morgan fingerprint density at radius 1 is 0.952 bits per heavy atom. The van der Waals surface area contributed by atoms with Crippen molar-refractivity contribution in [3.8, 4) is 0 Å². The van der Waals surface area contributed by atoms with E-state index in [-0.39, 0.29) is 9.79 Å². The minimum atomic E-state index is -3.50. The molecule has 0 aromatic heterocycles. The molecule has 0 radical (unpaired) electrons. The Hall–Kier alpha value is -2.20. The van der Waals surface area contributed by atoms with Gasteiger partial charge in [-0.05, 0) is 48.2 Å². The molecule has 0 N–H and O–H groups in total. The van der Waals surface area contributed by atoms with Gasteiger partial charge in [0.15, 0.2) is 0 Å². The summed E-state index contributed by atoms with van der Waals surface area (Å²) < 4.78 is 25.2. The second kappa shape index (κ2) is 5.30. The molecule has 0 atom stereocenters. The summed E-state index contributed by atoms with van der Waals surface area (Å²) in [7, 11) is -3.50. The predicted octanol–water partition coefficient (Wildman–Crippen LogP) is 3.05. The number of allylic oxidation sites excluding steroid dienone is 2. The maximum atomic E-state index is 12.6. The lowest BCUT2D eigenvalue weighted by molar-refractivity contribution is -0.103. The molecule has 0 heterocycles. The minimum Gasteiger partial charge on any atom is -0.298 e. The highest BCUT2D eigenvalue weighted by molar-refractivity contribution is 7.91. The summed E-state index contributed by atoms with van der Waals surface area (Å²) in [6.45, 7) is 0. The van der Waals surface area contributed by atoms with Crippen molar-refractivity contribution in [2.24, 2.45) is 0 Å². The zero-order valence-corrected chi connectivity index (χ0v) is 12.1. The number of carbonyl (C=O) groups excluding carboxylic acids is 1. The maximum absolute atomic E-state index is 12.6. The van der Waals surface area contributed by atoms with Crippen molar-refractivity contribution >= 4 is 21.7 Å². The largest absolute Gasteiger partial charge is 0.298 e. The normalized spacial score (nSPS) is 14.2. The summed E-state index contributed by atoms with van der Waals surface area (Å²) in [4.78, 5) is 11.6. The van der Waals surface area contributed by atoms with Crippen molar-refractivity contribution in [2.45, 2.75) is 22.6 Å². The zero-order valence-electron chi connectivity index (χ0n) is 11.3. The van der Waals surface area contributed by atoms with E-state index >= 15 is 0 Å². The second-order valence-electron chi connectivity index (χ2n) is 4.95. The molecule has 0 unspecified atom stereocenters. The average molecular weight is 298 g/mol. The summed E-state index contributed by atoms with van der Waals surface area (Å²) in [5.41, 5.74) is 2.39. The van der Waals surface area contributed by atoms with E-state index < -0.39 is 9.84 Å². The molecule has 1 aliphatic rings. The molecule has 2 aromatic carbocycles. The van der Waals surface area contributed by atoms with Crippen molar-refractivity contribution in [2.75, 3.05) is 0 Å². The van der Waals surface area contributed by atoms with Gasteiger partial charge in [-0.3, -0.25) is 4.79 Å². The molecule has 2 aromatic rings. The van der Waals surface area contributed by atoms with E-state index in [9.17, 15) is 13.2 Å². The third-order valence-corrected chi connectivity index (χ3v) is 5.42. The molecule has 0 spiro atoms. The Bertz CT molecular complexity index is 818. The van der Waals surface area contributed by atoms with Gasteiger partial charge in [0.05, 0.1) is 9.79 Å². The molecule has 0 aliphatic heterocycles. The fraction of sp³-hybridized carbons (Fsp3) is 0.118. The molecule has 4 heteroatoms. The van der Waals surface area contributed by atoms with Gasteiger partial charge in [-0.2, -0.15) is 0 Å². The molecular weight excluding hydrogens is 284 g/mol. The van der Waals surface area contributed by atoms with Gasteiger partial charge < -0.3 is 0 Å². The Labute approximate surface area is 123 Å². The molecular formula is C17H14O3S. The van der Waals surface area contributed by atoms with E-state index in [1.807, 2.05) is 6.08 Å². The number of aldehydes is 1. The van der Waals surface area contributed by atoms with Crippen LogP contribution < -0.4 is 0 Å². The molecule has 1 aliphatic carbocycles. The standard InChI is InChI=1S/C17H14O3S/c18-12-14-6-4-5-13-11-16(9-10-17(13)14)21(19,20)15-7-2-1-3-8-15/h1-3,6-12H,4-5H2. The molecule has 0 saturated carbocycles. The van der Waals surface area contributed by atoms with E-state index in [0.717, 1.165) is 30.3 Å². The average Bonchev–Trinajstić information content (AvgIpc) is 2.54. The quantitative estimate of drug-likeness (QED) is 0.818. The lowest BCUT2D eigenvalue weighted by atomic mass is 9.92. The molecule has 3 nitrogen and oxygen atoms in total. The fourth-order valence-corrected chi connectivity index (χ4v) is 3.90. The highest BCUT2D eigenvalue weighted by Gasteiger charge is 2.20. The van der Waals surface area contributed by atoms with Crippen LogP contribution in [0.5, 0.6) is 0 Å². The first-order valence-electron chi connectivity index (χ1n) is 6.72. The molecule has 106 valence electrons. The second-order valence-corrected chi connectivity index (χ2v) is 6.90. The Kier molecular flexibility index (Phi) is 3.47. The first kappa shape index (κ1) is 13.8. The van der Waals surface area contributed by atoms with Crippen LogP contribution in [0.3, 0.4) is 0 Å². The van der Waals surface area contributed by atoms with Crippen LogP contribution in [0.15, 0.2) is 64.4 Å². The molecule has 0 saturated heterocycles. The SMILES string of the molecule is O=CC1=CCCc2cc(S(=O)(=O)c3ccccc3)ccc21. The van der Waals surface area contributed by atoms with Crippen LogP contribution in [-0.2, 0) is 21.1 Å². The highest BCUT2D eigenvalue weighted by Crippen LogP contribution is 2.29. The monoisotopic (exact) mass is 298 g/mol. The van der Waals surface area contributed by atoms with Gasteiger partial charge in [0.2, 0.25) is 9.84 Å². The van der Waals surface area contributed by atoms with Gasteiger partial charge in [0.1, 0.15) is 6.29 Å². The Morgan fingerprint density at radius 2 is 1.71 bits per heavy atom. The van der Waals surface area contributed by atoms with Gasteiger partial charge >= 0.3 is 0 Å². The summed E-state index contributed by atoms with van der Waals surface area (Å²) >= 11 is 0. The summed E-state index contributed by atoms with van der Waals surface area (Å²) in [6.07, 6.45) is 4.23. The first-order chi connectivity index (χ1) is 10.1. The van der Waals surface area contributed by atoms with Gasteiger partial charge in [0, 0.05) is 5.57 Å². The van der Waals surface area contributed by atoms with E-state index in [0.29, 0.717) is 5.57 Å².